The Hall–Kier alpha value is -3.28. The van der Waals surface area contributed by atoms with Gasteiger partial charge in [-0.05, 0) is 24.3 Å². The summed E-state index contributed by atoms with van der Waals surface area (Å²) in [5.74, 6) is -0.696. The van der Waals surface area contributed by atoms with Gasteiger partial charge in [-0.25, -0.2) is 20.4 Å². The smallest absolute Gasteiger partial charge is 0.321 e. The highest BCUT2D eigenvalue weighted by Gasteiger charge is 2.21. The third-order valence-electron chi connectivity index (χ3n) is 2.46. The van der Waals surface area contributed by atoms with Crippen molar-refractivity contribution in [3.8, 4) is 11.5 Å². The van der Waals surface area contributed by atoms with E-state index in [1.807, 2.05) is 36.4 Å². The SMILES string of the molecule is CCC(O)(O)Oc1ccccc1.COc1ccccc1.N=C=O.N=C=O. The molecule has 140 valence electrons. The number of aliphatic hydroxyl groups is 2. The van der Waals surface area contributed by atoms with Crippen molar-refractivity contribution in [1.29, 1.82) is 10.8 Å². The maximum absolute atomic E-state index is 9.11. The van der Waals surface area contributed by atoms with E-state index in [1.165, 1.54) is 0 Å². The van der Waals surface area contributed by atoms with Crippen molar-refractivity contribution in [3.05, 3.63) is 60.7 Å². The van der Waals surface area contributed by atoms with Gasteiger partial charge in [-0.3, -0.25) is 0 Å². The highest BCUT2D eigenvalue weighted by molar-refractivity contribution is 5.26. The molecule has 0 unspecified atom stereocenters. The van der Waals surface area contributed by atoms with E-state index in [9.17, 15) is 0 Å². The van der Waals surface area contributed by atoms with Gasteiger partial charge in [0.1, 0.15) is 11.5 Å². The van der Waals surface area contributed by atoms with Crippen molar-refractivity contribution in [2.75, 3.05) is 7.11 Å². The number of rotatable bonds is 4. The molecule has 0 heterocycles. The fourth-order valence-corrected chi connectivity index (χ4v) is 1.31. The van der Waals surface area contributed by atoms with Crippen LogP contribution >= 0.6 is 0 Å². The number of hydrogen-bond acceptors (Lipinski definition) is 8. The molecule has 0 aliphatic heterocycles. The van der Waals surface area contributed by atoms with E-state index in [0.29, 0.717) is 5.75 Å². The highest BCUT2D eigenvalue weighted by Crippen LogP contribution is 2.16. The van der Waals surface area contributed by atoms with Gasteiger partial charge in [-0.1, -0.05) is 43.3 Å². The Kier molecular flexibility index (Phi) is 15.9. The van der Waals surface area contributed by atoms with Crippen LogP contribution in [0.25, 0.3) is 0 Å². The molecular weight excluding hydrogens is 340 g/mol. The van der Waals surface area contributed by atoms with Crippen molar-refractivity contribution >= 4 is 12.2 Å². The molecule has 0 fully saturated rings. The second-order valence-electron chi connectivity index (χ2n) is 4.23. The summed E-state index contributed by atoms with van der Waals surface area (Å²) in [5.41, 5.74) is 0. The molecule has 0 amide bonds. The van der Waals surface area contributed by atoms with E-state index in [-0.39, 0.29) is 6.42 Å². The summed E-state index contributed by atoms with van der Waals surface area (Å²) in [6.07, 6.45) is 1.63. The van der Waals surface area contributed by atoms with Crippen LogP contribution in [-0.4, -0.2) is 35.5 Å². The van der Waals surface area contributed by atoms with Crippen LogP contribution in [0.15, 0.2) is 60.7 Å². The number of carbonyl (C=O) groups excluding carboxylic acids is 2. The Morgan fingerprint density at radius 2 is 1.23 bits per heavy atom. The van der Waals surface area contributed by atoms with Gasteiger partial charge < -0.3 is 19.7 Å². The van der Waals surface area contributed by atoms with Gasteiger partial charge in [-0.2, -0.15) is 0 Å². The average Bonchev–Trinajstić information content (AvgIpc) is 2.65. The van der Waals surface area contributed by atoms with Gasteiger partial charge in [0, 0.05) is 6.42 Å². The minimum Gasteiger partial charge on any atom is -0.497 e. The molecule has 0 spiro atoms. The number of para-hydroxylation sites is 2. The van der Waals surface area contributed by atoms with Crippen molar-refractivity contribution in [1.82, 2.24) is 0 Å². The summed E-state index contributed by atoms with van der Waals surface area (Å²) in [5, 5.41) is 29.0. The Bertz CT molecular complexity index is 623. The molecule has 0 atom stereocenters. The van der Waals surface area contributed by atoms with E-state index >= 15 is 0 Å². The second-order valence-corrected chi connectivity index (χ2v) is 4.23. The molecule has 0 aliphatic rings. The molecule has 2 aromatic carbocycles. The third-order valence-corrected chi connectivity index (χ3v) is 2.46. The lowest BCUT2D eigenvalue weighted by Gasteiger charge is -2.20. The van der Waals surface area contributed by atoms with Gasteiger partial charge in [-0.15, -0.1) is 0 Å². The molecular formula is C18H22N2O6. The Morgan fingerprint density at radius 3 is 1.50 bits per heavy atom. The van der Waals surface area contributed by atoms with E-state index in [2.05, 4.69) is 0 Å². The normalized spacial score (nSPS) is 8.46. The summed E-state index contributed by atoms with van der Waals surface area (Å²) in [6.45, 7) is 1.63. The quantitative estimate of drug-likeness (QED) is 0.374. The average molecular weight is 362 g/mol. The maximum Gasteiger partial charge on any atom is 0.321 e. The molecule has 0 saturated carbocycles. The standard InChI is InChI=1S/C9H12O3.C7H8O.2CHNO/c1-2-9(10,11)12-8-6-4-3-5-7-8;1-8-7-5-3-2-4-6-7;2*2-1-3/h3-7,10-11H,2H2,1H3;2-6H,1H3;2*2H. The molecule has 8 heteroatoms. The predicted molar refractivity (Wildman–Crippen MR) is 94.4 cm³/mol. The lowest BCUT2D eigenvalue weighted by Crippen LogP contribution is -2.34. The van der Waals surface area contributed by atoms with Gasteiger partial charge in [0.15, 0.2) is 0 Å². The highest BCUT2D eigenvalue weighted by atomic mass is 16.8. The first-order valence-electron chi connectivity index (χ1n) is 7.26. The van der Waals surface area contributed by atoms with Crippen LogP contribution in [0.4, 0.5) is 0 Å². The Balaban J connectivity index is 0. The monoisotopic (exact) mass is 362 g/mol. The predicted octanol–water partition coefficient (Wildman–Crippen LogP) is 2.61. The molecule has 0 saturated heterocycles. The summed E-state index contributed by atoms with van der Waals surface area (Å²) in [6, 6.07) is 18.4. The van der Waals surface area contributed by atoms with Crippen molar-refractivity contribution in [3.63, 3.8) is 0 Å². The van der Waals surface area contributed by atoms with Crippen molar-refractivity contribution in [2.45, 2.75) is 19.3 Å². The van der Waals surface area contributed by atoms with Crippen LogP contribution in [0.2, 0.25) is 0 Å². The molecule has 2 rings (SSSR count). The molecule has 0 aromatic heterocycles. The maximum atomic E-state index is 9.11. The topological polar surface area (TPSA) is 141 Å². The van der Waals surface area contributed by atoms with Gasteiger partial charge >= 0.3 is 5.97 Å². The number of benzene rings is 2. The van der Waals surface area contributed by atoms with E-state index in [1.54, 1.807) is 38.3 Å². The minimum absolute atomic E-state index is 0.127. The molecule has 4 N–H and O–H groups in total. The fraction of sp³-hybridized carbons (Fsp3) is 0.222. The number of isocyanates is 2. The molecule has 0 radical (unpaired) electrons. The van der Waals surface area contributed by atoms with Crippen molar-refractivity contribution < 1.29 is 29.3 Å². The van der Waals surface area contributed by atoms with Crippen LogP contribution in [-0.2, 0) is 9.59 Å². The van der Waals surface area contributed by atoms with E-state index < -0.39 is 5.97 Å². The molecule has 8 nitrogen and oxygen atoms in total. The summed E-state index contributed by atoms with van der Waals surface area (Å²) < 4.78 is 9.78. The summed E-state index contributed by atoms with van der Waals surface area (Å²) in [7, 11) is 1.66. The zero-order valence-electron chi connectivity index (χ0n) is 14.5. The van der Waals surface area contributed by atoms with Gasteiger partial charge in [0.05, 0.1) is 7.11 Å². The summed E-state index contributed by atoms with van der Waals surface area (Å²) >= 11 is 0. The third kappa shape index (κ3) is 15.6. The first kappa shape index (κ1) is 25.0. The van der Waals surface area contributed by atoms with Crippen LogP contribution in [0, 0.1) is 10.8 Å². The lowest BCUT2D eigenvalue weighted by molar-refractivity contribution is -0.292. The fourth-order valence-electron chi connectivity index (χ4n) is 1.31. The van der Waals surface area contributed by atoms with E-state index in [0.717, 1.165) is 17.9 Å². The molecule has 0 bridgehead atoms. The number of ether oxygens (including phenoxy) is 2. The second kappa shape index (κ2) is 16.6. The number of hydrogen-bond donors (Lipinski definition) is 4. The Labute approximate surface area is 151 Å². The van der Waals surface area contributed by atoms with Crippen LogP contribution in [0.5, 0.6) is 11.5 Å². The summed E-state index contributed by atoms with van der Waals surface area (Å²) in [4.78, 5) is 16.7. The van der Waals surface area contributed by atoms with E-state index in [4.69, 9.17) is 40.1 Å². The number of nitrogens with one attached hydrogen (secondary N) is 2. The van der Waals surface area contributed by atoms with Crippen LogP contribution < -0.4 is 9.47 Å². The molecule has 26 heavy (non-hydrogen) atoms. The lowest BCUT2D eigenvalue weighted by atomic mass is 10.3. The Morgan fingerprint density at radius 1 is 0.885 bits per heavy atom. The van der Waals surface area contributed by atoms with Gasteiger partial charge in [0.25, 0.3) is 0 Å². The van der Waals surface area contributed by atoms with Gasteiger partial charge in [0.2, 0.25) is 12.2 Å². The minimum atomic E-state index is -2.05. The zero-order chi connectivity index (χ0) is 20.3. The zero-order valence-corrected chi connectivity index (χ0v) is 14.5. The van der Waals surface area contributed by atoms with Crippen LogP contribution in [0.1, 0.15) is 13.3 Å². The first-order chi connectivity index (χ1) is 12.4. The van der Waals surface area contributed by atoms with Crippen molar-refractivity contribution in [2.24, 2.45) is 0 Å². The van der Waals surface area contributed by atoms with Crippen LogP contribution in [0.3, 0.4) is 0 Å². The largest absolute Gasteiger partial charge is 0.497 e. The molecule has 2 aromatic rings. The number of methoxy groups -OCH3 is 1. The first-order valence-corrected chi connectivity index (χ1v) is 7.26. The molecule has 0 aliphatic carbocycles.